The molecular weight excluding hydrogens is 428 g/mol. The number of nitrogens with two attached hydrogens (primary N) is 1. The average Bonchev–Trinajstić information content (AvgIpc) is 3.11. The first-order chi connectivity index (χ1) is 15.6. The fourth-order valence-electron chi connectivity index (χ4n) is 5.28. The summed E-state index contributed by atoms with van der Waals surface area (Å²) >= 11 is 0. The molecule has 7 nitrogen and oxygen atoms in total. The Bertz CT molecular complexity index is 1470. The van der Waals surface area contributed by atoms with Crippen molar-refractivity contribution in [1.82, 2.24) is 18.9 Å². The summed E-state index contributed by atoms with van der Waals surface area (Å²) in [7, 11) is 0. The van der Waals surface area contributed by atoms with Crippen molar-refractivity contribution >= 4 is 22.1 Å². The van der Waals surface area contributed by atoms with Gasteiger partial charge in [-0.1, -0.05) is 12.1 Å². The normalized spacial score (nSPS) is 24.7. The first kappa shape index (κ1) is 20.3. The van der Waals surface area contributed by atoms with E-state index < -0.39 is 17.6 Å². The lowest BCUT2D eigenvalue weighted by Crippen LogP contribution is -2.40. The minimum absolute atomic E-state index is 0.0843. The van der Waals surface area contributed by atoms with Gasteiger partial charge in [-0.3, -0.25) is 9.20 Å². The summed E-state index contributed by atoms with van der Waals surface area (Å²) in [6.07, 6.45) is 5.57. The Morgan fingerprint density at radius 3 is 2.61 bits per heavy atom. The highest BCUT2D eigenvalue weighted by atomic mass is 19.3. The maximum Gasteiger partial charge on any atom is 0.258 e. The molecule has 2 aliphatic carbocycles. The van der Waals surface area contributed by atoms with Gasteiger partial charge in [0.2, 0.25) is 0 Å². The standard InChI is InChI=1S/C24H23F2N5O2/c1-23(33)9-15(10-23)21-29-18(19-20(27)28-5-7-31(19)21)14-3-2-13-4-6-30(22(32)17(13)8-14)16-11-24(25,26)12-16/h2-8,15-16,33H,9-12H2,1H3,(H2,27,28). The zero-order valence-electron chi connectivity index (χ0n) is 18.0. The number of anilines is 1. The molecule has 0 saturated heterocycles. The van der Waals surface area contributed by atoms with E-state index in [2.05, 4.69) is 4.98 Å². The van der Waals surface area contributed by atoms with E-state index in [1.54, 1.807) is 30.7 Å². The molecule has 6 rings (SSSR count). The molecule has 9 heteroatoms. The number of benzene rings is 1. The second-order valence-corrected chi connectivity index (χ2v) is 9.70. The monoisotopic (exact) mass is 451 g/mol. The van der Waals surface area contributed by atoms with Gasteiger partial charge < -0.3 is 15.4 Å². The van der Waals surface area contributed by atoms with Crippen LogP contribution < -0.4 is 11.3 Å². The van der Waals surface area contributed by atoms with Gasteiger partial charge in [0.15, 0.2) is 0 Å². The van der Waals surface area contributed by atoms with Crippen LogP contribution in [-0.2, 0) is 0 Å². The zero-order valence-corrected chi connectivity index (χ0v) is 18.0. The molecule has 170 valence electrons. The first-order valence-electron chi connectivity index (χ1n) is 11.0. The number of nitrogens with zero attached hydrogens (tertiary/aromatic N) is 4. The molecule has 0 aliphatic heterocycles. The van der Waals surface area contributed by atoms with Crippen molar-refractivity contribution < 1.29 is 13.9 Å². The van der Waals surface area contributed by atoms with Crippen LogP contribution in [0.5, 0.6) is 0 Å². The number of alkyl halides is 2. The van der Waals surface area contributed by atoms with E-state index in [4.69, 9.17) is 10.7 Å². The van der Waals surface area contributed by atoms with Crippen molar-refractivity contribution in [3.05, 3.63) is 59.0 Å². The van der Waals surface area contributed by atoms with E-state index in [-0.39, 0.29) is 24.3 Å². The fourth-order valence-corrected chi connectivity index (χ4v) is 5.28. The largest absolute Gasteiger partial charge is 0.390 e. The molecule has 2 aliphatic rings. The third-order valence-corrected chi connectivity index (χ3v) is 7.02. The zero-order chi connectivity index (χ0) is 23.1. The number of hydrogen-bond donors (Lipinski definition) is 2. The average molecular weight is 451 g/mol. The summed E-state index contributed by atoms with van der Waals surface area (Å²) in [5.41, 5.74) is 7.17. The van der Waals surface area contributed by atoms with Gasteiger partial charge in [0.05, 0.1) is 5.60 Å². The van der Waals surface area contributed by atoms with Crippen molar-refractivity contribution in [2.24, 2.45) is 0 Å². The van der Waals surface area contributed by atoms with Gasteiger partial charge in [0.25, 0.3) is 11.5 Å². The van der Waals surface area contributed by atoms with Crippen LogP contribution in [0, 0.1) is 0 Å². The molecule has 0 unspecified atom stereocenters. The van der Waals surface area contributed by atoms with Crippen molar-refractivity contribution in [3.8, 4) is 11.3 Å². The molecule has 33 heavy (non-hydrogen) atoms. The predicted octanol–water partition coefficient (Wildman–Crippen LogP) is 3.89. The number of halogens is 2. The molecule has 0 radical (unpaired) electrons. The molecule has 0 amide bonds. The lowest BCUT2D eigenvalue weighted by molar-refractivity contribution is -0.104. The van der Waals surface area contributed by atoms with Crippen LogP contribution in [0.2, 0.25) is 0 Å². The van der Waals surface area contributed by atoms with Crippen molar-refractivity contribution in [1.29, 1.82) is 0 Å². The summed E-state index contributed by atoms with van der Waals surface area (Å²) in [5.74, 6) is -1.51. The number of hydrogen-bond acceptors (Lipinski definition) is 5. The number of fused-ring (bicyclic) bond motifs is 2. The molecule has 4 aromatic rings. The van der Waals surface area contributed by atoms with E-state index in [1.165, 1.54) is 4.57 Å². The first-order valence-corrected chi connectivity index (χ1v) is 11.0. The molecule has 1 aromatic carbocycles. The molecule has 3 heterocycles. The smallest absolute Gasteiger partial charge is 0.258 e. The van der Waals surface area contributed by atoms with Crippen LogP contribution in [0.15, 0.2) is 47.7 Å². The Balaban J connectivity index is 1.49. The lowest BCUT2D eigenvalue weighted by atomic mass is 9.72. The second-order valence-electron chi connectivity index (χ2n) is 9.70. The maximum absolute atomic E-state index is 13.4. The molecule has 3 aromatic heterocycles. The molecular formula is C24H23F2N5O2. The number of aromatic nitrogens is 4. The highest BCUT2D eigenvalue weighted by Crippen LogP contribution is 2.46. The predicted molar refractivity (Wildman–Crippen MR) is 120 cm³/mol. The van der Waals surface area contributed by atoms with Crippen LogP contribution >= 0.6 is 0 Å². The SMILES string of the molecule is CC1(O)CC(c2nc(-c3ccc4ccn(C5CC(F)(F)C5)c(=O)c4c3)c3c(N)nccn23)C1. The summed E-state index contributed by atoms with van der Waals surface area (Å²) in [4.78, 5) is 22.2. The quantitative estimate of drug-likeness (QED) is 0.492. The highest BCUT2D eigenvalue weighted by molar-refractivity contribution is 5.91. The van der Waals surface area contributed by atoms with E-state index >= 15 is 0 Å². The lowest BCUT2D eigenvalue weighted by Gasteiger charge is -2.40. The van der Waals surface area contributed by atoms with E-state index in [0.29, 0.717) is 40.8 Å². The summed E-state index contributed by atoms with van der Waals surface area (Å²) in [6.45, 7) is 1.81. The number of nitrogen functional groups attached to an aromatic ring is 1. The highest BCUT2D eigenvalue weighted by Gasteiger charge is 2.46. The maximum atomic E-state index is 13.4. The van der Waals surface area contributed by atoms with Crippen LogP contribution in [-0.4, -0.2) is 35.6 Å². The van der Waals surface area contributed by atoms with Crippen molar-refractivity contribution in [3.63, 3.8) is 0 Å². The Morgan fingerprint density at radius 1 is 1.15 bits per heavy atom. The van der Waals surface area contributed by atoms with Crippen LogP contribution in [0.25, 0.3) is 27.5 Å². The molecule has 0 atom stereocenters. The van der Waals surface area contributed by atoms with E-state index in [9.17, 15) is 18.7 Å². The molecule has 2 fully saturated rings. The third kappa shape index (κ3) is 3.13. The van der Waals surface area contributed by atoms with Gasteiger partial charge in [-0.2, -0.15) is 0 Å². The Hall–Kier alpha value is -3.33. The molecule has 2 saturated carbocycles. The molecule has 3 N–H and O–H groups in total. The van der Waals surface area contributed by atoms with Gasteiger partial charge in [-0.25, -0.2) is 18.7 Å². The van der Waals surface area contributed by atoms with Gasteiger partial charge in [-0.15, -0.1) is 0 Å². The van der Waals surface area contributed by atoms with Crippen LogP contribution in [0.4, 0.5) is 14.6 Å². The number of pyridine rings is 1. The third-order valence-electron chi connectivity index (χ3n) is 7.02. The number of aliphatic hydroxyl groups is 1. The van der Waals surface area contributed by atoms with Crippen molar-refractivity contribution in [2.75, 3.05) is 5.73 Å². The number of imidazole rings is 1. The summed E-state index contributed by atoms with van der Waals surface area (Å²) in [6, 6.07) is 6.74. The summed E-state index contributed by atoms with van der Waals surface area (Å²) in [5, 5.41) is 11.4. The second kappa shape index (κ2) is 6.60. The van der Waals surface area contributed by atoms with Gasteiger partial charge in [0.1, 0.15) is 22.9 Å². The van der Waals surface area contributed by atoms with Crippen molar-refractivity contribution in [2.45, 2.75) is 56.1 Å². The summed E-state index contributed by atoms with van der Waals surface area (Å²) < 4.78 is 30.1. The Kier molecular flexibility index (Phi) is 4.06. The van der Waals surface area contributed by atoms with Gasteiger partial charge >= 0.3 is 0 Å². The van der Waals surface area contributed by atoms with E-state index in [0.717, 1.165) is 11.2 Å². The molecule has 0 bridgehead atoms. The minimum Gasteiger partial charge on any atom is -0.390 e. The Labute approximate surface area is 187 Å². The molecule has 0 spiro atoms. The van der Waals surface area contributed by atoms with Gasteiger partial charge in [-0.05, 0) is 37.3 Å². The number of rotatable bonds is 3. The minimum atomic E-state index is -2.71. The van der Waals surface area contributed by atoms with Crippen LogP contribution in [0.1, 0.15) is 50.4 Å². The van der Waals surface area contributed by atoms with E-state index in [1.807, 2.05) is 23.5 Å². The Morgan fingerprint density at radius 2 is 1.91 bits per heavy atom. The van der Waals surface area contributed by atoms with Gasteiger partial charge in [0, 0.05) is 54.3 Å². The topological polar surface area (TPSA) is 98.4 Å². The van der Waals surface area contributed by atoms with Crippen LogP contribution in [0.3, 0.4) is 0 Å². The fraction of sp³-hybridized carbons (Fsp3) is 0.375.